The molecule has 0 saturated carbocycles. The molecule has 0 aliphatic carbocycles. The summed E-state index contributed by atoms with van der Waals surface area (Å²) in [6.45, 7) is 6.00. The molecule has 1 rings (SSSR count). The molecule has 0 spiro atoms. The second-order valence-electron chi connectivity index (χ2n) is 4.94. The maximum absolute atomic E-state index is 12.2. The molecule has 1 aliphatic rings. The summed E-state index contributed by atoms with van der Waals surface area (Å²) < 4.78 is 26.0. The first-order chi connectivity index (χ1) is 7.90. The van der Waals surface area contributed by atoms with Crippen LogP contribution in [-0.2, 0) is 10.0 Å². The number of halogens is 1. The SMILES string of the molecule is CCC1CN(S(=O)(=O)CC(C)CCl)CCN1C. The van der Waals surface area contributed by atoms with Crippen LogP contribution in [-0.4, -0.2) is 62.0 Å². The minimum atomic E-state index is -3.14. The highest BCUT2D eigenvalue weighted by molar-refractivity contribution is 7.89. The van der Waals surface area contributed by atoms with Crippen LogP contribution in [0.15, 0.2) is 0 Å². The predicted molar refractivity (Wildman–Crippen MR) is 72.0 cm³/mol. The summed E-state index contributed by atoms with van der Waals surface area (Å²) in [6, 6.07) is 0.338. The fourth-order valence-electron chi connectivity index (χ4n) is 2.12. The molecular formula is C11H23ClN2O2S. The molecule has 6 heteroatoms. The molecule has 0 radical (unpaired) electrons. The van der Waals surface area contributed by atoms with Crippen LogP contribution in [0.2, 0.25) is 0 Å². The summed E-state index contributed by atoms with van der Waals surface area (Å²) in [4.78, 5) is 2.23. The van der Waals surface area contributed by atoms with Gasteiger partial charge in [-0.2, -0.15) is 4.31 Å². The Kier molecular flexibility index (Phi) is 5.70. The normalized spacial score (nSPS) is 26.0. The minimum Gasteiger partial charge on any atom is -0.301 e. The Labute approximate surface area is 110 Å². The number of likely N-dealkylation sites (N-methyl/N-ethyl adjacent to an activating group) is 1. The molecular weight excluding hydrogens is 260 g/mol. The highest BCUT2D eigenvalue weighted by Crippen LogP contribution is 2.16. The van der Waals surface area contributed by atoms with Crippen LogP contribution in [0.25, 0.3) is 0 Å². The van der Waals surface area contributed by atoms with E-state index in [4.69, 9.17) is 11.6 Å². The van der Waals surface area contributed by atoms with Gasteiger partial charge in [-0.3, -0.25) is 0 Å². The summed E-state index contributed by atoms with van der Waals surface area (Å²) in [6.07, 6.45) is 0.980. The van der Waals surface area contributed by atoms with Crippen molar-refractivity contribution in [1.29, 1.82) is 0 Å². The number of hydrogen-bond acceptors (Lipinski definition) is 3. The Bertz CT molecular complexity index is 334. The van der Waals surface area contributed by atoms with Crippen molar-refractivity contribution >= 4 is 21.6 Å². The van der Waals surface area contributed by atoms with Gasteiger partial charge in [0.1, 0.15) is 0 Å². The Morgan fingerprint density at radius 1 is 1.41 bits per heavy atom. The van der Waals surface area contributed by atoms with E-state index in [2.05, 4.69) is 18.9 Å². The van der Waals surface area contributed by atoms with Gasteiger partial charge in [0.15, 0.2) is 0 Å². The first-order valence-corrected chi connectivity index (χ1v) is 8.29. The second-order valence-corrected chi connectivity index (χ2v) is 7.26. The van der Waals surface area contributed by atoms with Gasteiger partial charge in [-0.05, 0) is 19.4 Å². The van der Waals surface area contributed by atoms with Crippen LogP contribution >= 0.6 is 11.6 Å². The van der Waals surface area contributed by atoms with Crippen LogP contribution in [0.5, 0.6) is 0 Å². The van der Waals surface area contributed by atoms with E-state index in [0.717, 1.165) is 13.0 Å². The highest BCUT2D eigenvalue weighted by atomic mass is 35.5. The Morgan fingerprint density at radius 2 is 2.06 bits per heavy atom. The largest absolute Gasteiger partial charge is 0.301 e. The molecule has 1 heterocycles. The first kappa shape index (κ1) is 15.2. The van der Waals surface area contributed by atoms with Crippen LogP contribution < -0.4 is 0 Å². The van der Waals surface area contributed by atoms with E-state index in [1.807, 2.05) is 6.92 Å². The summed E-state index contributed by atoms with van der Waals surface area (Å²) in [7, 11) is -1.08. The molecule has 0 bridgehead atoms. The number of rotatable bonds is 5. The van der Waals surface area contributed by atoms with Gasteiger partial charge < -0.3 is 4.90 Å². The zero-order valence-corrected chi connectivity index (χ0v) is 12.5. The zero-order chi connectivity index (χ0) is 13.1. The standard InChI is InChI=1S/C11H23ClN2O2S/c1-4-11-8-14(6-5-13(11)3)17(15,16)9-10(2)7-12/h10-11H,4-9H2,1-3H3. The summed E-state index contributed by atoms with van der Waals surface area (Å²) >= 11 is 5.68. The molecule has 0 aromatic heterocycles. The van der Waals surface area contributed by atoms with Crippen molar-refractivity contribution in [2.24, 2.45) is 5.92 Å². The van der Waals surface area contributed by atoms with E-state index in [1.54, 1.807) is 4.31 Å². The molecule has 102 valence electrons. The first-order valence-electron chi connectivity index (χ1n) is 6.14. The molecule has 1 saturated heterocycles. The van der Waals surface area contributed by atoms with E-state index in [9.17, 15) is 8.42 Å². The molecule has 0 amide bonds. The third-order valence-electron chi connectivity index (χ3n) is 3.36. The Morgan fingerprint density at radius 3 is 2.59 bits per heavy atom. The van der Waals surface area contributed by atoms with Crippen LogP contribution in [0, 0.1) is 5.92 Å². The smallest absolute Gasteiger partial charge is 0.214 e. The van der Waals surface area contributed by atoms with Crippen molar-refractivity contribution in [3.8, 4) is 0 Å². The van der Waals surface area contributed by atoms with Gasteiger partial charge >= 0.3 is 0 Å². The van der Waals surface area contributed by atoms with Gasteiger partial charge in [-0.25, -0.2) is 8.42 Å². The maximum atomic E-state index is 12.2. The van der Waals surface area contributed by atoms with Crippen molar-refractivity contribution in [2.75, 3.05) is 38.3 Å². The van der Waals surface area contributed by atoms with Crippen molar-refractivity contribution in [2.45, 2.75) is 26.3 Å². The second kappa shape index (κ2) is 6.36. The van der Waals surface area contributed by atoms with Crippen molar-refractivity contribution in [3.05, 3.63) is 0 Å². The lowest BCUT2D eigenvalue weighted by Crippen LogP contribution is -2.53. The van der Waals surface area contributed by atoms with E-state index >= 15 is 0 Å². The molecule has 17 heavy (non-hydrogen) atoms. The average molecular weight is 283 g/mol. The van der Waals surface area contributed by atoms with Crippen molar-refractivity contribution < 1.29 is 8.42 Å². The van der Waals surface area contributed by atoms with Gasteiger partial charge in [0.2, 0.25) is 10.0 Å². The molecule has 4 nitrogen and oxygen atoms in total. The number of nitrogens with zero attached hydrogens (tertiary/aromatic N) is 2. The lowest BCUT2D eigenvalue weighted by molar-refractivity contribution is 0.144. The number of hydrogen-bond donors (Lipinski definition) is 0. The van der Waals surface area contributed by atoms with E-state index in [1.165, 1.54) is 0 Å². The van der Waals surface area contributed by atoms with E-state index < -0.39 is 10.0 Å². The van der Waals surface area contributed by atoms with E-state index in [-0.39, 0.29) is 11.7 Å². The number of sulfonamides is 1. The molecule has 0 aromatic rings. The molecule has 2 unspecified atom stereocenters. The van der Waals surface area contributed by atoms with Gasteiger partial charge in [0, 0.05) is 31.6 Å². The van der Waals surface area contributed by atoms with Crippen LogP contribution in [0.3, 0.4) is 0 Å². The number of piperazine rings is 1. The molecule has 1 fully saturated rings. The van der Waals surface area contributed by atoms with Crippen molar-refractivity contribution in [3.63, 3.8) is 0 Å². The quantitative estimate of drug-likeness (QED) is 0.712. The third-order valence-corrected chi connectivity index (χ3v) is 6.00. The summed E-state index contributed by atoms with van der Waals surface area (Å²) in [5.74, 6) is 0.572. The molecule has 1 aliphatic heterocycles. The van der Waals surface area contributed by atoms with Crippen LogP contribution in [0.4, 0.5) is 0 Å². The lowest BCUT2D eigenvalue weighted by Gasteiger charge is -2.38. The van der Waals surface area contributed by atoms with E-state index in [0.29, 0.717) is 25.0 Å². The van der Waals surface area contributed by atoms with Gasteiger partial charge in [-0.15, -0.1) is 11.6 Å². The highest BCUT2D eigenvalue weighted by Gasteiger charge is 2.31. The zero-order valence-electron chi connectivity index (χ0n) is 10.9. The summed E-state index contributed by atoms with van der Waals surface area (Å²) in [5.41, 5.74) is 0. The fraction of sp³-hybridized carbons (Fsp3) is 1.00. The molecule has 2 atom stereocenters. The fourth-order valence-corrected chi connectivity index (χ4v) is 4.17. The van der Waals surface area contributed by atoms with Gasteiger partial charge in [-0.1, -0.05) is 13.8 Å². The average Bonchev–Trinajstić information content (AvgIpc) is 2.28. The van der Waals surface area contributed by atoms with Crippen molar-refractivity contribution in [1.82, 2.24) is 9.21 Å². The minimum absolute atomic E-state index is 0.0152. The monoisotopic (exact) mass is 282 g/mol. The maximum Gasteiger partial charge on any atom is 0.214 e. The van der Waals surface area contributed by atoms with Gasteiger partial charge in [0.05, 0.1) is 5.75 Å². The molecule has 0 aromatic carbocycles. The number of alkyl halides is 1. The van der Waals surface area contributed by atoms with Crippen LogP contribution in [0.1, 0.15) is 20.3 Å². The Hall–Kier alpha value is 0.160. The predicted octanol–water partition coefficient (Wildman–Crippen LogP) is 1.22. The van der Waals surface area contributed by atoms with Gasteiger partial charge in [0.25, 0.3) is 0 Å². The molecule has 0 N–H and O–H groups in total. The summed E-state index contributed by atoms with van der Waals surface area (Å²) in [5, 5.41) is 0. The lowest BCUT2D eigenvalue weighted by atomic mass is 10.1. The topological polar surface area (TPSA) is 40.6 Å². The third kappa shape index (κ3) is 4.09. The Balaban J connectivity index is 2.66.